The Bertz CT molecular complexity index is 860. The molecule has 0 saturated carbocycles. The van der Waals surface area contributed by atoms with Gasteiger partial charge in [-0.3, -0.25) is 4.79 Å². The van der Waals surface area contributed by atoms with E-state index in [4.69, 9.17) is 0 Å². The number of nitrogens with zero attached hydrogens (tertiary/aromatic N) is 3. The minimum absolute atomic E-state index is 0.135. The normalized spacial score (nSPS) is 19.3. The van der Waals surface area contributed by atoms with Crippen LogP contribution in [0.4, 0.5) is 0 Å². The number of aromatic nitrogens is 2. The van der Waals surface area contributed by atoms with E-state index in [-0.39, 0.29) is 16.7 Å². The molecule has 0 amide bonds. The van der Waals surface area contributed by atoms with E-state index in [0.717, 1.165) is 0 Å². The van der Waals surface area contributed by atoms with E-state index in [9.17, 15) is 13.2 Å². The third-order valence-corrected chi connectivity index (χ3v) is 6.10. The first kappa shape index (κ1) is 16.8. The van der Waals surface area contributed by atoms with Crippen LogP contribution in [0.25, 0.3) is 0 Å². The fraction of sp³-hybridized carbons (Fsp3) is 0.375. The summed E-state index contributed by atoms with van der Waals surface area (Å²) in [6.07, 6.45) is 3.45. The van der Waals surface area contributed by atoms with Gasteiger partial charge in [-0.25, -0.2) is 13.4 Å². The summed E-state index contributed by atoms with van der Waals surface area (Å²) >= 11 is 0. The van der Waals surface area contributed by atoms with Crippen LogP contribution in [0.15, 0.2) is 41.6 Å². The van der Waals surface area contributed by atoms with E-state index in [1.807, 2.05) is 11.6 Å². The highest BCUT2D eigenvalue weighted by Crippen LogP contribution is 2.28. The second kappa shape index (κ2) is 6.46. The summed E-state index contributed by atoms with van der Waals surface area (Å²) in [5, 5.41) is 3.22. The highest BCUT2D eigenvalue weighted by molar-refractivity contribution is 7.89. The summed E-state index contributed by atoms with van der Waals surface area (Å²) in [6.45, 7) is 2.85. The maximum Gasteiger partial charge on any atom is 0.243 e. The van der Waals surface area contributed by atoms with Crippen molar-refractivity contribution >= 4 is 15.8 Å². The molecule has 1 aromatic heterocycles. The molecule has 1 atom stereocenters. The maximum absolute atomic E-state index is 13.1. The fourth-order valence-corrected chi connectivity index (χ4v) is 4.54. The maximum atomic E-state index is 13.1. The molecule has 8 heteroatoms. The van der Waals surface area contributed by atoms with Gasteiger partial charge in [0.25, 0.3) is 0 Å². The Kier molecular flexibility index (Phi) is 4.53. The Morgan fingerprint density at radius 2 is 2.17 bits per heavy atom. The largest absolute Gasteiger partial charge is 0.337 e. The number of nitrogens with one attached hydrogen (secondary N) is 1. The number of carbonyl (C=O) groups excluding carboxylic acids is 1. The van der Waals surface area contributed by atoms with Crippen LogP contribution in [0, 0.1) is 0 Å². The zero-order valence-electron chi connectivity index (χ0n) is 13.6. The Morgan fingerprint density at radius 1 is 1.38 bits per heavy atom. The number of benzene rings is 1. The fourth-order valence-electron chi connectivity index (χ4n) is 2.90. The molecule has 7 nitrogen and oxygen atoms in total. The van der Waals surface area contributed by atoms with Gasteiger partial charge in [0.2, 0.25) is 10.0 Å². The van der Waals surface area contributed by atoms with Crippen LogP contribution in [0.1, 0.15) is 29.1 Å². The lowest BCUT2D eigenvalue weighted by Gasteiger charge is -2.34. The zero-order valence-corrected chi connectivity index (χ0v) is 14.5. The Labute approximate surface area is 141 Å². The molecule has 1 aromatic carbocycles. The quantitative estimate of drug-likeness (QED) is 0.832. The van der Waals surface area contributed by atoms with E-state index in [0.29, 0.717) is 31.0 Å². The lowest BCUT2D eigenvalue weighted by atomic mass is 10.2. The first-order valence-electron chi connectivity index (χ1n) is 7.72. The molecule has 2 aromatic rings. The van der Waals surface area contributed by atoms with Gasteiger partial charge >= 0.3 is 0 Å². The molecule has 1 saturated heterocycles. The van der Waals surface area contributed by atoms with Crippen molar-refractivity contribution in [2.24, 2.45) is 7.05 Å². The Hall–Kier alpha value is -2.03. The van der Waals surface area contributed by atoms with Gasteiger partial charge in [0.15, 0.2) is 5.78 Å². The number of ketones is 1. The molecule has 3 rings (SSSR count). The molecule has 1 unspecified atom stereocenters. The first-order chi connectivity index (χ1) is 11.4. The van der Waals surface area contributed by atoms with Crippen molar-refractivity contribution in [3.63, 3.8) is 0 Å². The van der Waals surface area contributed by atoms with Crippen LogP contribution in [0.2, 0.25) is 0 Å². The van der Waals surface area contributed by atoms with Crippen LogP contribution < -0.4 is 5.32 Å². The van der Waals surface area contributed by atoms with Gasteiger partial charge in [0, 0.05) is 44.6 Å². The minimum Gasteiger partial charge on any atom is -0.337 e. The van der Waals surface area contributed by atoms with Gasteiger partial charge in [-0.15, -0.1) is 0 Å². The van der Waals surface area contributed by atoms with Crippen molar-refractivity contribution in [1.29, 1.82) is 0 Å². The molecule has 1 N–H and O–H groups in total. The van der Waals surface area contributed by atoms with E-state index in [1.165, 1.54) is 23.4 Å². The highest BCUT2D eigenvalue weighted by atomic mass is 32.2. The van der Waals surface area contributed by atoms with Gasteiger partial charge in [-0.2, -0.15) is 4.31 Å². The number of sulfonamides is 1. The van der Waals surface area contributed by atoms with Crippen LogP contribution in [-0.2, 0) is 17.1 Å². The molecule has 1 fully saturated rings. The van der Waals surface area contributed by atoms with Gasteiger partial charge in [0.1, 0.15) is 5.82 Å². The summed E-state index contributed by atoms with van der Waals surface area (Å²) in [4.78, 5) is 16.0. The number of carbonyl (C=O) groups is 1. The van der Waals surface area contributed by atoms with Crippen molar-refractivity contribution in [3.8, 4) is 0 Å². The molecule has 0 spiro atoms. The summed E-state index contributed by atoms with van der Waals surface area (Å²) < 4.78 is 29.5. The molecule has 0 radical (unpaired) electrons. The predicted octanol–water partition coefficient (Wildman–Crippen LogP) is 0.958. The van der Waals surface area contributed by atoms with Gasteiger partial charge in [-0.1, -0.05) is 12.1 Å². The van der Waals surface area contributed by atoms with Gasteiger partial charge in [0.05, 0.1) is 10.9 Å². The summed E-state index contributed by atoms with van der Waals surface area (Å²) in [5.41, 5.74) is 0.389. The number of imidazole rings is 1. The van der Waals surface area contributed by atoms with Crippen LogP contribution in [-0.4, -0.2) is 47.7 Å². The van der Waals surface area contributed by atoms with E-state index in [1.54, 1.807) is 24.5 Å². The van der Waals surface area contributed by atoms with Gasteiger partial charge < -0.3 is 9.88 Å². The summed E-state index contributed by atoms with van der Waals surface area (Å²) in [6, 6.07) is 5.80. The molecule has 1 aliphatic rings. The molecular weight excluding hydrogens is 328 g/mol. The Morgan fingerprint density at radius 3 is 2.83 bits per heavy atom. The van der Waals surface area contributed by atoms with E-state index in [2.05, 4.69) is 10.3 Å². The van der Waals surface area contributed by atoms with Crippen LogP contribution >= 0.6 is 0 Å². The molecule has 0 bridgehead atoms. The summed E-state index contributed by atoms with van der Waals surface area (Å²) in [5.74, 6) is 0.529. The minimum atomic E-state index is -3.72. The lowest BCUT2D eigenvalue weighted by Crippen LogP contribution is -2.49. The molecule has 1 aliphatic heterocycles. The third kappa shape index (κ3) is 3.00. The highest BCUT2D eigenvalue weighted by Gasteiger charge is 2.36. The number of Topliss-reactive ketones (excluding diaryl/α,β-unsaturated/α-hetero) is 1. The average molecular weight is 348 g/mol. The van der Waals surface area contributed by atoms with Crippen LogP contribution in [0.3, 0.4) is 0 Å². The predicted molar refractivity (Wildman–Crippen MR) is 89.2 cm³/mol. The molecule has 2 heterocycles. The summed E-state index contributed by atoms with van der Waals surface area (Å²) in [7, 11) is -1.88. The van der Waals surface area contributed by atoms with Crippen molar-refractivity contribution < 1.29 is 13.2 Å². The number of hydrogen-bond donors (Lipinski definition) is 1. The number of rotatable bonds is 4. The zero-order chi connectivity index (χ0) is 17.3. The second-order valence-electron chi connectivity index (χ2n) is 5.82. The number of piperazine rings is 1. The van der Waals surface area contributed by atoms with Gasteiger partial charge in [-0.05, 0) is 19.1 Å². The second-order valence-corrected chi connectivity index (χ2v) is 7.71. The number of hydrogen-bond acceptors (Lipinski definition) is 5. The molecule has 24 heavy (non-hydrogen) atoms. The van der Waals surface area contributed by atoms with E-state index < -0.39 is 10.0 Å². The Balaban J connectivity index is 2.02. The first-order valence-corrected chi connectivity index (χ1v) is 9.16. The molecule has 128 valence electrons. The van der Waals surface area contributed by atoms with Crippen molar-refractivity contribution in [2.45, 2.75) is 17.9 Å². The average Bonchev–Trinajstić information content (AvgIpc) is 3.01. The standard InChI is InChI=1S/C16H20N4O3S/c1-12(21)13-4-3-5-14(10-13)24(22,23)20-9-6-17-11-15(20)16-18-7-8-19(16)2/h3-5,7-8,10,15,17H,6,9,11H2,1-2H3. The molecular formula is C16H20N4O3S. The number of aryl methyl sites for hydroxylation is 1. The monoisotopic (exact) mass is 348 g/mol. The molecule has 0 aliphatic carbocycles. The van der Waals surface area contributed by atoms with E-state index >= 15 is 0 Å². The van der Waals surface area contributed by atoms with Crippen molar-refractivity contribution in [2.75, 3.05) is 19.6 Å². The van der Waals surface area contributed by atoms with Crippen LogP contribution in [0.5, 0.6) is 0 Å². The SMILES string of the molecule is CC(=O)c1cccc(S(=O)(=O)N2CCNCC2c2nccn2C)c1. The van der Waals surface area contributed by atoms with Crippen molar-refractivity contribution in [3.05, 3.63) is 48.0 Å². The topological polar surface area (TPSA) is 84.3 Å². The third-order valence-electron chi connectivity index (χ3n) is 4.20. The smallest absolute Gasteiger partial charge is 0.243 e. The lowest BCUT2D eigenvalue weighted by molar-refractivity contribution is 0.101. The van der Waals surface area contributed by atoms with Crippen molar-refractivity contribution in [1.82, 2.24) is 19.2 Å².